The first-order valence-corrected chi connectivity index (χ1v) is 10.9. The van der Waals surface area contributed by atoms with Gasteiger partial charge in [-0.1, -0.05) is 29.8 Å². The van der Waals surface area contributed by atoms with Crippen LogP contribution in [0, 0.1) is 0 Å². The third-order valence-electron chi connectivity index (χ3n) is 5.08. The standard InChI is InChI=1S/C23H32ClN5O/c1-4-25-22(27-15-20-7-5-6-12-26-20)28-16-21(18-8-10-19(24)11-9-18)29-13-14-30-23(2,3)17-29/h5-12,21H,4,13-17H2,1-3H3,(H2,25,27,28). The van der Waals surface area contributed by atoms with Crippen LogP contribution in [0.2, 0.25) is 5.02 Å². The molecule has 0 amide bonds. The minimum Gasteiger partial charge on any atom is -0.373 e. The largest absolute Gasteiger partial charge is 0.373 e. The highest BCUT2D eigenvalue weighted by molar-refractivity contribution is 6.30. The maximum atomic E-state index is 6.13. The van der Waals surface area contributed by atoms with E-state index in [9.17, 15) is 0 Å². The third-order valence-corrected chi connectivity index (χ3v) is 5.34. The van der Waals surface area contributed by atoms with Crippen LogP contribution in [0.1, 0.15) is 38.1 Å². The molecule has 1 aliphatic heterocycles. The molecule has 7 heteroatoms. The van der Waals surface area contributed by atoms with Crippen molar-refractivity contribution in [3.8, 4) is 0 Å². The molecule has 0 saturated carbocycles. The second-order valence-electron chi connectivity index (χ2n) is 8.04. The highest BCUT2D eigenvalue weighted by Crippen LogP contribution is 2.27. The lowest BCUT2D eigenvalue weighted by Gasteiger charge is -2.42. The fourth-order valence-electron chi connectivity index (χ4n) is 3.65. The number of guanidine groups is 1. The second-order valence-corrected chi connectivity index (χ2v) is 8.48. The van der Waals surface area contributed by atoms with E-state index < -0.39 is 0 Å². The van der Waals surface area contributed by atoms with Crippen molar-refractivity contribution in [1.82, 2.24) is 20.5 Å². The predicted molar refractivity (Wildman–Crippen MR) is 123 cm³/mol. The Kier molecular flexibility index (Phi) is 8.08. The summed E-state index contributed by atoms with van der Waals surface area (Å²) in [5, 5.41) is 7.61. The van der Waals surface area contributed by atoms with Gasteiger partial charge in [-0.05, 0) is 50.6 Å². The van der Waals surface area contributed by atoms with Crippen LogP contribution in [0.15, 0.2) is 53.7 Å². The van der Waals surface area contributed by atoms with Crippen molar-refractivity contribution in [2.24, 2.45) is 4.99 Å². The number of hydrogen-bond acceptors (Lipinski definition) is 4. The van der Waals surface area contributed by atoms with Crippen molar-refractivity contribution >= 4 is 17.6 Å². The predicted octanol–water partition coefficient (Wildman–Crippen LogP) is 3.64. The van der Waals surface area contributed by atoms with Gasteiger partial charge in [0.15, 0.2) is 5.96 Å². The molecule has 1 saturated heterocycles. The van der Waals surface area contributed by atoms with Crippen LogP contribution >= 0.6 is 11.6 Å². The Labute approximate surface area is 184 Å². The molecule has 0 bridgehead atoms. The number of pyridine rings is 1. The second kappa shape index (κ2) is 10.8. The molecule has 0 radical (unpaired) electrons. The topological polar surface area (TPSA) is 61.8 Å². The molecule has 2 aromatic rings. The summed E-state index contributed by atoms with van der Waals surface area (Å²) in [4.78, 5) is 11.5. The van der Waals surface area contributed by atoms with E-state index in [1.807, 2.05) is 30.3 Å². The number of ether oxygens (including phenoxy) is 1. The molecule has 1 unspecified atom stereocenters. The molecule has 0 aliphatic carbocycles. The summed E-state index contributed by atoms with van der Waals surface area (Å²) in [6.45, 7) is 10.9. The molecular formula is C23H32ClN5O. The van der Waals surface area contributed by atoms with E-state index in [1.54, 1.807) is 6.20 Å². The van der Waals surface area contributed by atoms with Gasteiger partial charge in [0.05, 0.1) is 30.5 Å². The summed E-state index contributed by atoms with van der Waals surface area (Å²) < 4.78 is 5.93. The maximum absolute atomic E-state index is 6.13. The van der Waals surface area contributed by atoms with Crippen LogP contribution in [0.3, 0.4) is 0 Å². The number of nitrogens with one attached hydrogen (secondary N) is 2. The lowest BCUT2D eigenvalue weighted by Crippen LogP contribution is -2.52. The number of nitrogens with zero attached hydrogens (tertiary/aromatic N) is 3. The Morgan fingerprint density at radius 3 is 2.70 bits per heavy atom. The molecule has 30 heavy (non-hydrogen) atoms. The zero-order chi connectivity index (χ0) is 21.4. The summed E-state index contributed by atoms with van der Waals surface area (Å²) >= 11 is 6.13. The fourth-order valence-corrected chi connectivity index (χ4v) is 3.77. The first kappa shape index (κ1) is 22.5. The smallest absolute Gasteiger partial charge is 0.191 e. The molecule has 3 rings (SSSR count). The Balaban J connectivity index is 1.74. The van der Waals surface area contributed by atoms with Crippen LogP contribution in [-0.2, 0) is 11.3 Å². The number of aromatic nitrogens is 1. The Hall–Kier alpha value is -2.15. The summed E-state index contributed by atoms with van der Waals surface area (Å²) in [6.07, 6.45) is 1.79. The van der Waals surface area contributed by atoms with E-state index in [4.69, 9.17) is 21.3 Å². The first-order chi connectivity index (χ1) is 14.5. The van der Waals surface area contributed by atoms with E-state index >= 15 is 0 Å². The van der Waals surface area contributed by atoms with Gasteiger partial charge in [0, 0.05) is 37.4 Å². The first-order valence-electron chi connectivity index (χ1n) is 10.5. The molecular weight excluding hydrogens is 398 g/mol. The highest BCUT2D eigenvalue weighted by atomic mass is 35.5. The quantitative estimate of drug-likeness (QED) is 0.519. The Morgan fingerprint density at radius 1 is 1.23 bits per heavy atom. The number of aliphatic imine (C=N–C) groups is 1. The Bertz CT molecular complexity index is 810. The molecule has 1 atom stereocenters. The molecule has 162 valence electrons. The van der Waals surface area contributed by atoms with Gasteiger partial charge in [0.1, 0.15) is 0 Å². The molecule has 1 aliphatic rings. The van der Waals surface area contributed by atoms with Gasteiger partial charge in [-0.2, -0.15) is 0 Å². The van der Waals surface area contributed by atoms with Crippen molar-refractivity contribution in [3.63, 3.8) is 0 Å². The minimum absolute atomic E-state index is 0.166. The van der Waals surface area contributed by atoms with Crippen molar-refractivity contribution in [2.45, 2.75) is 39.0 Å². The van der Waals surface area contributed by atoms with Crippen LogP contribution in [0.5, 0.6) is 0 Å². The van der Waals surface area contributed by atoms with Gasteiger partial charge < -0.3 is 15.4 Å². The van der Waals surface area contributed by atoms with Crippen molar-refractivity contribution in [2.75, 3.05) is 32.8 Å². The van der Waals surface area contributed by atoms with Gasteiger partial charge in [-0.3, -0.25) is 9.88 Å². The lowest BCUT2D eigenvalue weighted by atomic mass is 10.0. The molecule has 2 heterocycles. The molecule has 6 nitrogen and oxygen atoms in total. The van der Waals surface area contributed by atoms with Crippen LogP contribution in [0.25, 0.3) is 0 Å². The molecule has 1 fully saturated rings. The number of morpholine rings is 1. The van der Waals surface area contributed by atoms with Gasteiger partial charge in [0.2, 0.25) is 0 Å². The number of benzene rings is 1. The average molecular weight is 430 g/mol. The van der Waals surface area contributed by atoms with E-state index in [0.717, 1.165) is 49.5 Å². The van der Waals surface area contributed by atoms with Gasteiger partial charge in [0.25, 0.3) is 0 Å². The maximum Gasteiger partial charge on any atom is 0.191 e. The minimum atomic E-state index is -0.166. The van der Waals surface area contributed by atoms with E-state index in [-0.39, 0.29) is 11.6 Å². The molecule has 2 N–H and O–H groups in total. The van der Waals surface area contributed by atoms with Crippen molar-refractivity contribution in [1.29, 1.82) is 0 Å². The molecule has 1 aromatic heterocycles. The summed E-state index contributed by atoms with van der Waals surface area (Å²) in [5.74, 6) is 0.787. The fraction of sp³-hybridized carbons (Fsp3) is 0.478. The normalized spacial score (nSPS) is 18.1. The monoisotopic (exact) mass is 429 g/mol. The SMILES string of the molecule is CCNC(=NCc1ccccn1)NCC(c1ccc(Cl)cc1)N1CCOC(C)(C)C1. The zero-order valence-corrected chi connectivity index (χ0v) is 18.8. The molecule has 1 aromatic carbocycles. The van der Waals surface area contributed by atoms with Crippen LogP contribution < -0.4 is 10.6 Å². The average Bonchev–Trinajstić information content (AvgIpc) is 2.73. The third kappa shape index (κ3) is 6.69. The van der Waals surface area contributed by atoms with Gasteiger partial charge >= 0.3 is 0 Å². The Morgan fingerprint density at radius 2 is 2.03 bits per heavy atom. The number of halogens is 1. The molecule has 0 spiro atoms. The summed E-state index contributed by atoms with van der Waals surface area (Å²) in [7, 11) is 0. The van der Waals surface area contributed by atoms with E-state index in [0.29, 0.717) is 6.54 Å². The highest BCUT2D eigenvalue weighted by Gasteiger charge is 2.32. The van der Waals surface area contributed by atoms with Crippen molar-refractivity contribution < 1.29 is 4.74 Å². The van der Waals surface area contributed by atoms with Gasteiger partial charge in [-0.25, -0.2) is 4.99 Å². The van der Waals surface area contributed by atoms with E-state index in [1.165, 1.54) is 5.56 Å². The van der Waals surface area contributed by atoms with Crippen molar-refractivity contribution in [3.05, 3.63) is 64.9 Å². The van der Waals surface area contributed by atoms with E-state index in [2.05, 4.69) is 53.4 Å². The zero-order valence-electron chi connectivity index (χ0n) is 18.1. The number of hydrogen-bond donors (Lipinski definition) is 2. The lowest BCUT2D eigenvalue weighted by molar-refractivity contribution is -0.0971. The number of rotatable bonds is 7. The van der Waals surface area contributed by atoms with Crippen LogP contribution in [-0.4, -0.2) is 54.2 Å². The summed E-state index contributed by atoms with van der Waals surface area (Å²) in [5.41, 5.74) is 2.00. The van der Waals surface area contributed by atoms with Crippen LogP contribution in [0.4, 0.5) is 0 Å². The van der Waals surface area contributed by atoms with Gasteiger partial charge in [-0.15, -0.1) is 0 Å². The summed E-state index contributed by atoms with van der Waals surface area (Å²) in [6, 6.07) is 14.2.